The van der Waals surface area contributed by atoms with Gasteiger partial charge in [0.05, 0.1) is 11.0 Å². The van der Waals surface area contributed by atoms with Crippen LogP contribution in [0.4, 0.5) is 0 Å². The van der Waals surface area contributed by atoms with E-state index in [1.54, 1.807) is 0 Å². The maximum Gasteiger partial charge on any atom is 0.141 e. The van der Waals surface area contributed by atoms with E-state index in [2.05, 4.69) is 23.6 Å². The molecule has 0 atom stereocenters. The number of rotatable bonds is 4. The van der Waals surface area contributed by atoms with Gasteiger partial charge in [0.25, 0.3) is 0 Å². The van der Waals surface area contributed by atoms with Crippen LogP contribution in [-0.4, -0.2) is 35.1 Å². The second-order valence-electron chi connectivity index (χ2n) is 5.53. The first-order chi connectivity index (χ1) is 10.5. The van der Waals surface area contributed by atoms with Crippen LogP contribution in [0, 0.1) is 0 Å². The molecule has 2 aromatic carbocycles. The van der Waals surface area contributed by atoms with E-state index in [0.717, 1.165) is 45.6 Å². The number of halogens is 2. The van der Waals surface area contributed by atoms with Crippen LogP contribution in [0.25, 0.3) is 22.4 Å². The van der Waals surface area contributed by atoms with Gasteiger partial charge in [-0.25, -0.2) is 4.98 Å². The zero-order valence-electron chi connectivity index (χ0n) is 12.6. The number of nitrogens with zero attached hydrogens (tertiary/aromatic N) is 3. The molecule has 22 heavy (non-hydrogen) atoms. The maximum atomic E-state index is 6.16. The molecule has 1 aromatic heterocycles. The number of imidazole rings is 1. The fourth-order valence-corrected chi connectivity index (χ4v) is 2.73. The lowest BCUT2D eigenvalue weighted by Crippen LogP contribution is -2.18. The van der Waals surface area contributed by atoms with Crippen molar-refractivity contribution < 1.29 is 0 Å². The molecular weight excluding hydrogens is 317 g/mol. The molecule has 3 nitrogen and oxygen atoms in total. The lowest BCUT2D eigenvalue weighted by molar-refractivity contribution is 0.387. The fourth-order valence-electron chi connectivity index (χ4n) is 2.44. The summed E-state index contributed by atoms with van der Waals surface area (Å²) < 4.78 is 2.21. The third-order valence-electron chi connectivity index (χ3n) is 3.58. The third kappa shape index (κ3) is 3.12. The lowest BCUT2D eigenvalue weighted by atomic mass is 10.2. The topological polar surface area (TPSA) is 21.1 Å². The Morgan fingerprint density at radius 1 is 1.00 bits per heavy atom. The minimum absolute atomic E-state index is 0.723. The van der Waals surface area contributed by atoms with Crippen molar-refractivity contribution in [3.8, 4) is 11.4 Å². The van der Waals surface area contributed by atoms with E-state index < -0.39 is 0 Å². The number of hydrogen-bond acceptors (Lipinski definition) is 2. The van der Waals surface area contributed by atoms with Crippen molar-refractivity contribution in [3.05, 3.63) is 52.5 Å². The number of aromatic nitrogens is 2. The van der Waals surface area contributed by atoms with Crippen molar-refractivity contribution in [1.82, 2.24) is 14.5 Å². The minimum atomic E-state index is 0.723. The first kappa shape index (κ1) is 15.3. The Bertz CT molecular complexity index is 792. The van der Waals surface area contributed by atoms with Crippen molar-refractivity contribution in [1.29, 1.82) is 0 Å². The maximum absolute atomic E-state index is 6.16. The monoisotopic (exact) mass is 333 g/mol. The quantitative estimate of drug-likeness (QED) is 0.697. The summed E-state index contributed by atoms with van der Waals surface area (Å²) in [7, 11) is 4.13. The van der Waals surface area contributed by atoms with E-state index in [1.165, 1.54) is 0 Å². The Morgan fingerprint density at radius 2 is 1.68 bits per heavy atom. The summed E-state index contributed by atoms with van der Waals surface area (Å²) in [6, 6.07) is 13.6. The van der Waals surface area contributed by atoms with Gasteiger partial charge in [-0.2, -0.15) is 0 Å². The van der Waals surface area contributed by atoms with Crippen LogP contribution in [0.2, 0.25) is 10.0 Å². The van der Waals surface area contributed by atoms with Crippen molar-refractivity contribution in [3.63, 3.8) is 0 Å². The summed E-state index contributed by atoms with van der Waals surface area (Å²) in [5.74, 6) is 0.941. The Kier molecular flexibility index (Phi) is 4.39. The zero-order chi connectivity index (χ0) is 15.7. The third-order valence-corrected chi connectivity index (χ3v) is 4.07. The Morgan fingerprint density at radius 3 is 2.36 bits per heavy atom. The van der Waals surface area contributed by atoms with Gasteiger partial charge in [0, 0.05) is 28.7 Å². The van der Waals surface area contributed by atoms with Crippen LogP contribution in [0.3, 0.4) is 0 Å². The molecule has 0 spiro atoms. The predicted octanol–water partition coefficient (Wildman–Crippen LogP) is 4.57. The zero-order valence-corrected chi connectivity index (χ0v) is 14.1. The van der Waals surface area contributed by atoms with Gasteiger partial charge in [0.2, 0.25) is 0 Å². The number of hydrogen-bond donors (Lipinski definition) is 0. The van der Waals surface area contributed by atoms with Crippen LogP contribution < -0.4 is 0 Å². The van der Waals surface area contributed by atoms with E-state index in [9.17, 15) is 0 Å². The molecule has 114 valence electrons. The first-order valence-electron chi connectivity index (χ1n) is 7.11. The van der Waals surface area contributed by atoms with E-state index in [4.69, 9.17) is 28.2 Å². The van der Waals surface area contributed by atoms with Gasteiger partial charge >= 0.3 is 0 Å². The molecule has 0 aliphatic rings. The van der Waals surface area contributed by atoms with Gasteiger partial charge in [-0.15, -0.1) is 0 Å². The van der Waals surface area contributed by atoms with Crippen LogP contribution in [-0.2, 0) is 6.54 Å². The number of likely N-dealkylation sites (N-methyl/N-ethyl adjacent to an activating group) is 1. The van der Waals surface area contributed by atoms with Crippen molar-refractivity contribution >= 4 is 34.2 Å². The molecular formula is C17H17Cl2N3. The van der Waals surface area contributed by atoms with Gasteiger partial charge in [-0.05, 0) is 56.6 Å². The van der Waals surface area contributed by atoms with Crippen LogP contribution in [0.1, 0.15) is 0 Å². The second-order valence-corrected chi connectivity index (χ2v) is 6.40. The predicted molar refractivity (Wildman–Crippen MR) is 93.7 cm³/mol. The molecule has 5 heteroatoms. The number of benzene rings is 2. The highest BCUT2D eigenvalue weighted by Gasteiger charge is 2.13. The second kappa shape index (κ2) is 6.29. The molecule has 0 fully saturated rings. The van der Waals surface area contributed by atoms with Crippen LogP contribution in [0.5, 0.6) is 0 Å². The average molecular weight is 334 g/mol. The Labute approximate surface area is 140 Å². The molecule has 0 saturated heterocycles. The minimum Gasteiger partial charge on any atom is -0.323 e. The summed E-state index contributed by atoms with van der Waals surface area (Å²) in [5.41, 5.74) is 3.06. The Balaban J connectivity index is 2.14. The van der Waals surface area contributed by atoms with Gasteiger partial charge in [0.15, 0.2) is 0 Å². The molecule has 0 N–H and O–H groups in total. The van der Waals surface area contributed by atoms with Crippen molar-refractivity contribution in [2.75, 3.05) is 20.6 Å². The standard InChI is InChI=1S/C17H17Cl2N3/c1-21(2)9-10-22-16-11-14(19)7-8-15(16)20-17(22)12-3-5-13(18)6-4-12/h3-8,11H,9-10H2,1-2H3. The highest BCUT2D eigenvalue weighted by Crippen LogP contribution is 2.27. The largest absolute Gasteiger partial charge is 0.323 e. The van der Waals surface area contributed by atoms with Crippen molar-refractivity contribution in [2.24, 2.45) is 0 Å². The summed E-state index contributed by atoms with van der Waals surface area (Å²) >= 11 is 12.2. The molecule has 3 aromatic rings. The van der Waals surface area contributed by atoms with E-state index in [0.29, 0.717) is 0 Å². The summed E-state index contributed by atoms with van der Waals surface area (Å²) in [4.78, 5) is 6.93. The molecule has 0 aliphatic carbocycles. The molecule has 0 amide bonds. The average Bonchev–Trinajstić information content (AvgIpc) is 2.83. The number of fused-ring (bicyclic) bond motifs is 1. The highest BCUT2D eigenvalue weighted by atomic mass is 35.5. The SMILES string of the molecule is CN(C)CCn1c(-c2ccc(Cl)cc2)nc2ccc(Cl)cc21. The van der Waals surface area contributed by atoms with Gasteiger partial charge in [-0.3, -0.25) is 0 Å². The van der Waals surface area contributed by atoms with Gasteiger partial charge in [0.1, 0.15) is 5.82 Å². The molecule has 0 saturated carbocycles. The van der Waals surface area contributed by atoms with Crippen molar-refractivity contribution in [2.45, 2.75) is 6.54 Å². The lowest BCUT2D eigenvalue weighted by Gasteiger charge is -2.13. The Hall–Kier alpha value is -1.55. The smallest absolute Gasteiger partial charge is 0.141 e. The first-order valence-corrected chi connectivity index (χ1v) is 7.86. The van der Waals surface area contributed by atoms with E-state index >= 15 is 0 Å². The summed E-state index contributed by atoms with van der Waals surface area (Å²) in [6.45, 7) is 1.78. The normalized spacial score (nSPS) is 11.5. The molecule has 1 heterocycles. The van der Waals surface area contributed by atoms with Gasteiger partial charge < -0.3 is 9.47 Å². The molecule has 3 rings (SSSR count). The molecule has 0 unspecified atom stereocenters. The van der Waals surface area contributed by atoms with Crippen LogP contribution >= 0.6 is 23.2 Å². The molecule has 0 bridgehead atoms. The van der Waals surface area contributed by atoms with E-state index in [1.807, 2.05) is 42.5 Å². The summed E-state index contributed by atoms with van der Waals surface area (Å²) in [5, 5.41) is 1.45. The van der Waals surface area contributed by atoms with Gasteiger partial charge in [-0.1, -0.05) is 23.2 Å². The highest BCUT2D eigenvalue weighted by molar-refractivity contribution is 6.31. The molecule has 0 aliphatic heterocycles. The van der Waals surface area contributed by atoms with Crippen LogP contribution in [0.15, 0.2) is 42.5 Å². The molecule has 0 radical (unpaired) electrons. The fraction of sp³-hybridized carbons (Fsp3) is 0.235. The summed E-state index contributed by atoms with van der Waals surface area (Å²) in [6.07, 6.45) is 0. The van der Waals surface area contributed by atoms with E-state index in [-0.39, 0.29) is 0 Å².